The number of benzene rings is 1. The quantitative estimate of drug-likeness (QED) is 0.614. The number of carbonyl (C=O) groups is 1. The van der Waals surface area contributed by atoms with Gasteiger partial charge in [0, 0.05) is 24.3 Å². The summed E-state index contributed by atoms with van der Waals surface area (Å²) < 4.78 is 14.9. The number of amides is 1. The molecule has 3 heterocycles. The molecule has 0 unspecified atom stereocenters. The zero-order chi connectivity index (χ0) is 19.1. The third-order valence-electron chi connectivity index (χ3n) is 5.21. The molecule has 27 heavy (non-hydrogen) atoms. The van der Waals surface area contributed by atoms with Crippen molar-refractivity contribution in [1.82, 2.24) is 14.6 Å². The number of thiazole rings is 1. The number of quaternary nitrogens is 1. The molecule has 3 aromatic rings. The molecule has 0 radical (unpaired) electrons. The number of rotatable bonds is 4. The zero-order valence-corrected chi connectivity index (χ0v) is 15.7. The molecule has 0 bridgehead atoms. The largest absolute Gasteiger partial charge is 0.492 e. The highest BCUT2D eigenvalue weighted by atomic mass is 32.1. The highest BCUT2D eigenvalue weighted by Gasteiger charge is 2.36. The lowest BCUT2D eigenvalue weighted by Gasteiger charge is -2.33. The highest BCUT2D eigenvalue weighted by Crippen LogP contribution is 2.35. The molecule has 1 saturated heterocycles. The smallest absolute Gasteiger partial charge is 0.235 e. The maximum absolute atomic E-state index is 13.4. The van der Waals surface area contributed by atoms with Gasteiger partial charge in [0.1, 0.15) is 16.5 Å². The lowest BCUT2D eigenvalue weighted by atomic mass is 9.93. The number of nitrogens with zero attached hydrogens (tertiary/aromatic N) is 3. The molecule has 1 aliphatic heterocycles. The monoisotopic (exact) mass is 390 g/mol. The Bertz CT molecular complexity index is 976. The number of fused-ring (bicyclic) bond motifs is 1. The Labute approximate surface area is 159 Å². The Balaban J connectivity index is 1.74. The summed E-state index contributed by atoms with van der Waals surface area (Å²) >= 11 is 1.39. The van der Waals surface area contributed by atoms with Crippen LogP contribution in [0.15, 0.2) is 24.3 Å². The first kappa shape index (κ1) is 17.9. The van der Waals surface area contributed by atoms with E-state index >= 15 is 0 Å². The number of nitrogens with one attached hydrogen (secondary N) is 1. The summed E-state index contributed by atoms with van der Waals surface area (Å²) in [7, 11) is 0. The van der Waals surface area contributed by atoms with Gasteiger partial charge in [-0.15, -0.1) is 5.10 Å². The maximum Gasteiger partial charge on any atom is 0.235 e. The number of hydrogen-bond donors (Lipinski definition) is 3. The van der Waals surface area contributed by atoms with E-state index in [2.05, 4.69) is 10.1 Å². The second kappa shape index (κ2) is 6.90. The molecule has 9 heteroatoms. The van der Waals surface area contributed by atoms with Crippen molar-refractivity contribution in [2.24, 2.45) is 11.7 Å². The van der Waals surface area contributed by atoms with Crippen molar-refractivity contribution in [2.75, 3.05) is 13.1 Å². The Morgan fingerprint density at radius 1 is 1.37 bits per heavy atom. The molecule has 4 rings (SSSR count). The Morgan fingerprint density at radius 3 is 2.63 bits per heavy atom. The lowest BCUT2D eigenvalue weighted by Crippen LogP contribution is -3.13. The average Bonchev–Trinajstić information content (AvgIpc) is 3.15. The number of primary amides is 1. The van der Waals surface area contributed by atoms with Crippen molar-refractivity contribution in [3.63, 3.8) is 0 Å². The standard InChI is InChI=1S/C18H20FN5O2S/c1-10-21-18-24(22-10)17(26)15(27-18)14(11-2-4-13(19)5-3-11)23-8-6-12(7-9-23)16(20)25/h2-5,12,14,26H,6-9H2,1H3,(H2,20,25)/p+1/t14-/m1/s1. The molecule has 1 fully saturated rings. The zero-order valence-electron chi connectivity index (χ0n) is 14.9. The van der Waals surface area contributed by atoms with Gasteiger partial charge in [-0.25, -0.2) is 9.37 Å². The number of aryl methyl sites for hydroxylation is 1. The van der Waals surface area contributed by atoms with Crippen LogP contribution in [0.5, 0.6) is 5.88 Å². The molecule has 142 valence electrons. The number of nitrogens with two attached hydrogens (primary N) is 1. The van der Waals surface area contributed by atoms with Gasteiger partial charge in [0.2, 0.25) is 16.7 Å². The van der Waals surface area contributed by atoms with Crippen LogP contribution < -0.4 is 10.6 Å². The molecule has 0 aliphatic carbocycles. The topological polar surface area (TPSA) is 98.0 Å². The summed E-state index contributed by atoms with van der Waals surface area (Å²) in [4.78, 5) is 18.4. The summed E-state index contributed by atoms with van der Waals surface area (Å²) in [5.74, 6) is -0.0152. The first-order valence-electron chi connectivity index (χ1n) is 8.88. The fraction of sp³-hybridized carbons (Fsp3) is 0.389. The van der Waals surface area contributed by atoms with Crippen LogP contribution in [0.3, 0.4) is 0 Å². The predicted octanol–water partition coefficient (Wildman–Crippen LogP) is 0.814. The van der Waals surface area contributed by atoms with E-state index < -0.39 is 0 Å². The van der Waals surface area contributed by atoms with Crippen molar-refractivity contribution in [2.45, 2.75) is 25.8 Å². The van der Waals surface area contributed by atoms with Crippen LogP contribution in [0, 0.1) is 18.7 Å². The summed E-state index contributed by atoms with van der Waals surface area (Å²) in [5, 5.41) is 15.0. The van der Waals surface area contributed by atoms with Crippen molar-refractivity contribution >= 4 is 22.2 Å². The number of aromatic hydroxyl groups is 1. The van der Waals surface area contributed by atoms with Crippen molar-refractivity contribution in [3.05, 3.63) is 46.3 Å². The van der Waals surface area contributed by atoms with Gasteiger partial charge in [-0.1, -0.05) is 11.3 Å². The Morgan fingerprint density at radius 2 is 2.04 bits per heavy atom. The van der Waals surface area contributed by atoms with Crippen molar-refractivity contribution in [3.8, 4) is 5.88 Å². The number of piperidine rings is 1. The second-order valence-electron chi connectivity index (χ2n) is 6.96. The average molecular weight is 390 g/mol. The van der Waals surface area contributed by atoms with Crippen LogP contribution in [0.4, 0.5) is 4.39 Å². The first-order chi connectivity index (χ1) is 12.9. The number of aromatic nitrogens is 3. The van der Waals surface area contributed by atoms with Gasteiger partial charge in [0.15, 0.2) is 6.04 Å². The SMILES string of the molecule is Cc1nc2sc([C@@H](c3ccc(F)cc3)[NH+]3CCC(C(N)=O)CC3)c(O)n2n1. The first-order valence-corrected chi connectivity index (χ1v) is 9.70. The van der Waals surface area contributed by atoms with Crippen LogP contribution in [-0.4, -0.2) is 38.7 Å². The van der Waals surface area contributed by atoms with Gasteiger partial charge in [-0.2, -0.15) is 4.52 Å². The molecule has 2 aromatic heterocycles. The Hall–Kier alpha value is -2.52. The van der Waals surface area contributed by atoms with E-state index in [-0.39, 0.29) is 29.6 Å². The summed E-state index contributed by atoms with van der Waals surface area (Å²) in [6.45, 7) is 3.25. The summed E-state index contributed by atoms with van der Waals surface area (Å²) in [6, 6.07) is 6.15. The highest BCUT2D eigenvalue weighted by molar-refractivity contribution is 7.17. The van der Waals surface area contributed by atoms with E-state index in [0.717, 1.165) is 23.5 Å². The molecule has 1 amide bonds. The fourth-order valence-electron chi connectivity index (χ4n) is 3.83. The van der Waals surface area contributed by atoms with Gasteiger partial charge < -0.3 is 15.7 Å². The van der Waals surface area contributed by atoms with E-state index in [9.17, 15) is 14.3 Å². The van der Waals surface area contributed by atoms with Gasteiger partial charge in [0.05, 0.1) is 13.1 Å². The number of carbonyl (C=O) groups excluding carboxylic acids is 1. The van der Waals surface area contributed by atoms with Crippen LogP contribution in [0.2, 0.25) is 0 Å². The minimum Gasteiger partial charge on any atom is -0.492 e. The van der Waals surface area contributed by atoms with Crippen LogP contribution in [-0.2, 0) is 4.79 Å². The molecule has 0 spiro atoms. The molecule has 1 atom stereocenters. The van der Waals surface area contributed by atoms with E-state index in [4.69, 9.17) is 5.73 Å². The number of halogens is 1. The third kappa shape index (κ3) is 3.28. The van der Waals surface area contributed by atoms with Crippen LogP contribution in [0.1, 0.15) is 35.1 Å². The second-order valence-corrected chi connectivity index (χ2v) is 7.97. The van der Waals surface area contributed by atoms with Gasteiger partial charge >= 0.3 is 0 Å². The molecule has 4 N–H and O–H groups in total. The van der Waals surface area contributed by atoms with E-state index in [1.165, 1.54) is 32.9 Å². The van der Waals surface area contributed by atoms with Crippen molar-refractivity contribution < 1.29 is 19.2 Å². The number of hydrogen-bond acceptors (Lipinski definition) is 5. The predicted molar refractivity (Wildman–Crippen MR) is 98.1 cm³/mol. The third-order valence-corrected chi connectivity index (χ3v) is 6.29. The fourth-order valence-corrected chi connectivity index (χ4v) is 5.01. The minimum atomic E-state index is -0.303. The lowest BCUT2D eigenvalue weighted by molar-refractivity contribution is -0.930. The molecule has 0 saturated carbocycles. The summed E-state index contributed by atoms with van der Waals surface area (Å²) in [6.07, 6.45) is 1.39. The van der Waals surface area contributed by atoms with E-state index in [0.29, 0.717) is 23.6 Å². The number of likely N-dealkylation sites (tertiary alicyclic amines) is 1. The van der Waals surface area contributed by atoms with Crippen LogP contribution in [0.25, 0.3) is 4.96 Å². The Kier molecular flexibility index (Phi) is 4.56. The molecule has 1 aromatic carbocycles. The minimum absolute atomic E-state index is 0.0643. The molecular formula is C18H21FN5O2S+. The van der Waals surface area contributed by atoms with Crippen LogP contribution >= 0.6 is 11.3 Å². The van der Waals surface area contributed by atoms with Crippen molar-refractivity contribution in [1.29, 1.82) is 0 Å². The van der Waals surface area contributed by atoms with E-state index in [1.54, 1.807) is 19.1 Å². The van der Waals surface area contributed by atoms with E-state index in [1.807, 2.05) is 0 Å². The normalized spacial score (nSPS) is 21.4. The van der Waals surface area contributed by atoms with Gasteiger partial charge in [-0.3, -0.25) is 4.79 Å². The summed E-state index contributed by atoms with van der Waals surface area (Å²) in [5.41, 5.74) is 6.36. The molecule has 7 nitrogen and oxygen atoms in total. The molecule has 1 aliphatic rings. The molecular weight excluding hydrogens is 369 g/mol. The maximum atomic E-state index is 13.4. The van der Waals surface area contributed by atoms with Gasteiger partial charge in [0.25, 0.3) is 0 Å². The van der Waals surface area contributed by atoms with Gasteiger partial charge in [-0.05, 0) is 31.2 Å².